The second-order valence-corrected chi connectivity index (χ2v) is 7.60. The minimum absolute atomic E-state index is 0.0952. The molecule has 2 aromatic heterocycles. The van der Waals surface area contributed by atoms with Gasteiger partial charge in [-0.2, -0.15) is 0 Å². The number of pyridine rings is 1. The van der Waals surface area contributed by atoms with Crippen LogP contribution in [0.25, 0.3) is 16.9 Å². The summed E-state index contributed by atoms with van der Waals surface area (Å²) < 4.78 is 20.9. The van der Waals surface area contributed by atoms with Crippen molar-refractivity contribution in [2.45, 2.75) is 6.10 Å². The first kappa shape index (κ1) is 23.2. The van der Waals surface area contributed by atoms with E-state index in [0.717, 1.165) is 5.56 Å². The lowest BCUT2D eigenvalue weighted by atomic mass is 10.0. The average Bonchev–Trinajstić information content (AvgIpc) is 3.27. The van der Waals surface area contributed by atoms with E-state index >= 15 is 0 Å². The van der Waals surface area contributed by atoms with Crippen LogP contribution in [0.4, 0.5) is 10.2 Å². The molecule has 4 aromatic rings. The molecule has 0 aliphatic heterocycles. The number of ether oxygens (including phenoxy) is 1. The Bertz CT molecular complexity index is 1270. The molecule has 0 amide bonds. The quantitative estimate of drug-likeness (QED) is 0.329. The number of aromatic nitrogens is 2. The highest BCUT2D eigenvalue weighted by atomic mass is 19.1. The summed E-state index contributed by atoms with van der Waals surface area (Å²) in [6, 6.07) is 18.1. The second-order valence-electron chi connectivity index (χ2n) is 7.60. The van der Waals surface area contributed by atoms with Crippen molar-refractivity contribution in [3.05, 3.63) is 96.1 Å². The van der Waals surface area contributed by atoms with Crippen molar-refractivity contribution in [2.24, 2.45) is 0 Å². The van der Waals surface area contributed by atoms with Crippen LogP contribution in [0.2, 0.25) is 0 Å². The summed E-state index contributed by atoms with van der Waals surface area (Å²) in [7, 11) is 1.72. The first-order valence-corrected chi connectivity index (χ1v) is 10.7. The Labute approximate surface area is 196 Å². The molecule has 0 saturated carbocycles. The molecule has 0 fully saturated rings. The molecule has 3 N–H and O–H groups in total. The molecule has 8 heteroatoms. The zero-order valence-electron chi connectivity index (χ0n) is 18.5. The lowest BCUT2D eigenvalue weighted by Crippen LogP contribution is -2.21. The molecule has 0 bridgehead atoms. The third kappa shape index (κ3) is 4.83. The van der Waals surface area contributed by atoms with Gasteiger partial charge in [0.15, 0.2) is 5.78 Å². The minimum atomic E-state index is -1.01. The Morgan fingerprint density at radius 1 is 1.15 bits per heavy atom. The summed E-state index contributed by atoms with van der Waals surface area (Å²) in [5, 5.41) is 21.6. The molecule has 0 saturated heterocycles. The van der Waals surface area contributed by atoms with Crippen LogP contribution in [0.15, 0.2) is 79.1 Å². The van der Waals surface area contributed by atoms with Crippen LogP contribution in [-0.2, 0) is 0 Å². The number of halogens is 1. The predicted octanol–water partition coefficient (Wildman–Crippen LogP) is 3.68. The van der Waals surface area contributed by atoms with E-state index in [1.165, 1.54) is 12.1 Å². The number of carbonyl (C=O) groups is 1. The van der Waals surface area contributed by atoms with Crippen molar-refractivity contribution in [3.63, 3.8) is 0 Å². The Morgan fingerprint density at radius 2 is 1.94 bits per heavy atom. The Balaban J connectivity index is 1.79. The van der Waals surface area contributed by atoms with E-state index in [2.05, 4.69) is 10.3 Å². The van der Waals surface area contributed by atoms with Crippen LogP contribution in [0.3, 0.4) is 0 Å². The number of rotatable bonds is 9. The molecule has 174 valence electrons. The monoisotopic (exact) mass is 461 g/mol. The number of anilines is 1. The lowest BCUT2D eigenvalue weighted by Gasteiger charge is -2.14. The highest BCUT2D eigenvalue weighted by Crippen LogP contribution is 2.34. The largest absolute Gasteiger partial charge is 0.491 e. The van der Waals surface area contributed by atoms with Gasteiger partial charge in [-0.05, 0) is 54.6 Å². The van der Waals surface area contributed by atoms with Crippen LogP contribution in [0.5, 0.6) is 5.75 Å². The Kier molecular flexibility index (Phi) is 7.01. The van der Waals surface area contributed by atoms with Gasteiger partial charge in [0.2, 0.25) is 0 Å². The van der Waals surface area contributed by atoms with Gasteiger partial charge in [0, 0.05) is 36.3 Å². The summed E-state index contributed by atoms with van der Waals surface area (Å²) in [5.74, 6) is 0.333. The molecule has 2 heterocycles. The zero-order chi connectivity index (χ0) is 24.1. The fourth-order valence-corrected chi connectivity index (χ4v) is 3.64. The summed E-state index contributed by atoms with van der Waals surface area (Å²) in [6.07, 6.45) is 2.35. The number of aliphatic hydroxyl groups excluding tert-OH is 2. The molecule has 2 aromatic carbocycles. The number of nitrogens with one attached hydrogen (secondary N) is 1. The van der Waals surface area contributed by atoms with Crippen LogP contribution >= 0.6 is 0 Å². The van der Waals surface area contributed by atoms with Crippen molar-refractivity contribution in [3.8, 4) is 22.7 Å². The molecule has 4 rings (SSSR count). The normalized spacial score (nSPS) is 11.8. The van der Waals surface area contributed by atoms with E-state index in [-0.39, 0.29) is 18.2 Å². The predicted molar refractivity (Wildman–Crippen MR) is 127 cm³/mol. The molecular weight excluding hydrogens is 437 g/mol. The number of aliphatic hydroxyl groups is 2. The standard InChI is InChI=1S/C26H24FN3O4/c1-28-26-23(25(33)17-4-2-6-22(12-17)34-16-21(32)15-31)13-24(18-5-3-11-29-14-18)30(26)20-9-7-19(27)8-10-20/h2-14,21,28,31-32H,15-16H2,1H3. The Hall–Kier alpha value is -4.01. The van der Waals surface area contributed by atoms with Crippen molar-refractivity contribution in [1.82, 2.24) is 9.55 Å². The number of hydrogen-bond acceptors (Lipinski definition) is 6. The van der Waals surface area contributed by atoms with Crippen LogP contribution in [-0.4, -0.2) is 51.9 Å². The smallest absolute Gasteiger partial charge is 0.196 e. The lowest BCUT2D eigenvalue weighted by molar-refractivity contribution is 0.0536. The molecule has 7 nitrogen and oxygen atoms in total. The van der Waals surface area contributed by atoms with Gasteiger partial charge in [0.05, 0.1) is 17.9 Å². The van der Waals surface area contributed by atoms with Gasteiger partial charge in [-0.15, -0.1) is 0 Å². The summed E-state index contributed by atoms with van der Waals surface area (Å²) in [6.45, 7) is -0.514. The second kappa shape index (κ2) is 10.3. The third-order valence-electron chi connectivity index (χ3n) is 5.27. The van der Waals surface area contributed by atoms with Gasteiger partial charge in [-0.1, -0.05) is 12.1 Å². The fourth-order valence-electron chi connectivity index (χ4n) is 3.64. The summed E-state index contributed by atoms with van der Waals surface area (Å²) >= 11 is 0. The summed E-state index contributed by atoms with van der Waals surface area (Å²) in [4.78, 5) is 17.8. The van der Waals surface area contributed by atoms with Crippen molar-refractivity contribution in [2.75, 3.05) is 25.6 Å². The Morgan fingerprint density at radius 3 is 2.62 bits per heavy atom. The van der Waals surface area contributed by atoms with E-state index in [1.54, 1.807) is 68.0 Å². The van der Waals surface area contributed by atoms with Crippen LogP contribution < -0.4 is 10.1 Å². The number of hydrogen-bond donors (Lipinski definition) is 3. The van der Waals surface area contributed by atoms with Gasteiger partial charge in [-0.3, -0.25) is 14.3 Å². The third-order valence-corrected chi connectivity index (χ3v) is 5.27. The van der Waals surface area contributed by atoms with Crippen molar-refractivity contribution >= 4 is 11.6 Å². The number of benzene rings is 2. The number of ketones is 1. The molecule has 0 radical (unpaired) electrons. The molecule has 34 heavy (non-hydrogen) atoms. The van der Waals surface area contributed by atoms with E-state index in [1.807, 2.05) is 10.6 Å². The SMILES string of the molecule is CNc1c(C(=O)c2cccc(OCC(O)CO)c2)cc(-c2cccnc2)n1-c1ccc(F)cc1. The van der Waals surface area contributed by atoms with Gasteiger partial charge in [0.25, 0.3) is 0 Å². The molecule has 0 aliphatic rings. The maximum atomic E-state index is 13.6. The van der Waals surface area contributed by atoms with Gasteiger partial charge >= 0.3 is 0 Å². The number of carbonyl (C=O) groups excluding carboxylic acids is 1. The zero-order valence-corrected chi connectivity index (χ0v) is 18.5. The van der Waals surface area contributed by atoms with Gasteiger partial charge < -0.3 is 20.3 Å². The highest BCUT2D eigenvalue weighted by Gasteiger charge is 2.23. The van der Waals surface area contributed by atoms with Crippen LogP contribution in [0, 0.1) is 5.82 Å². The van der Waals surface area contributed by atoms with E-state index in [4.69, 9.17) is 9.84 Å². The molecule has 1 atom stereocenters. The molecule has 0 aliphatic carbocycles. The van der Waals surface area contributed by atoms with Crippen molar-refractivity contribution < 1.29 is 24.1 Å². The fraction of sp³-hybridized carbons (Fsp3) is 0.154. The minimum Gasteiger partial charge on any atom is -0.491 e. The summed E-state index contributed by atoms with van der Waals surface area (Å²) in [5.41, 5.74) is 2.99. The van der Waals surface area contributed by atoms with E-state index in [0.29, 0.717) is 34.1 Å². The van der Waals surface area contributed by atoms with Gasteiger partial charge in [0.1, 0.15) is 30.1 Å². The van der Waals surface area contributed by atoms with Crippen molar-refractivity contribution in [1.29, 1.82) is 0 Å². The maximum Gasteiger partial charge on any atom is 0.196 e. The average molecular weight is 461 g/mol. The first-order chi connectivity index (χ1) is 16.5. The van der Waals surface area contributed by atoms with Crippen LogP contribution in [0.1, 0.15) is 15.9 Å². The van der Waals surface area contributed by atoms with Gasteiger partial charge in [-0.25, -0.2) is 4.39 Å². The highest BCUT2D eigenvalue weighted by molar-refractivity contribution is 6.13. The molecular formula is C26H24FN3O4. The maximum absolute atomic E-state index is 13.6. The molecule has 1 unspecified atom stereocenters. The topological polar surface area (TPSA) is 96.6 Å². The first-order valence-electron chi connectivity index (χ1n) is 10.7. The van der Waals surface area contributed by atoms with E-state index in [9.17, 15) is 14.3 Å². The van der Waals surface area contributed by atoms with E-state index < -0.39 is 12.7 Å². The molecule has 0 spiro atoms. The number of nitrogens with zero attached hydrogens (tertiary/aromatic N) is 2.